The summed E-state index contributed by atoms with van der Waals surface area (Å²) in [6, 6.07) is -0.142. The highest BCUT2D eigenvalue weighted by Gasteiger charge is 2.31. The SMILES string of the molecule is CC1CCN(S(=O)(=O)N[C@H](C)[C@H]2CCCO2)CC1. The summed E-state index contributed by atoms with van der Waals surface area (Å²) in [4.78, 5) is 0. The monoisotopic (exact) mass is 276 g/mol. The fraction of sp³-hybridized carbons (Fsp3) is 1.00. The third-order valence-electron chi connectivity index (χ3n) is 3.94. The third kappa shape index (κ3) is 3.44. The number of nitrogens with one attached hydrogen (secondary N) is 1. The molecule has 0 saturated carbocycles. The van der Waals surface area contributed by atoms with Crippen molar-refractivity contribution >= 4 is 10.2 Å². The molecule has 1 N–H and O–H groups in total. The van der Waals surface area contributed by atoms with Gasteiger partial charge in [0.1, 0.15) is 0 Å². The summed E-state index contributed by atoms with van der Waals surface area (Å²) in [6.45, 7) is 6.08. The van der Waals surface area contributed by atoms with Gasteiger partial charge >= 0.3 is 0 Å². The second-order valence-electron chi connectivity index (χ2n) is 5.54. The van der Waals surface area contributed by atoms with Crippen LogP contribution >= 0.6 is 0 Å². The van der Waals surface area contributed by atoms with Crippen molar-refractivity contribution < 1.29 is 13.2 Å². The number of hydrogen-bond donors (Lipinski definition) is 1. The van der Waals surface area contributed by atoms with E-state index >= 15 is 0 Å². The van der Waals surface area contributed by atoms with E-state index in [0.29, 0.717) is 19.0 Å². The van der Waals surface area contributed by atoms with Crippen LogP contribution in [0.25, 0.3) is 0 Å². The summed E-state index contributed by atoms with van der Waals surface area (Å²) in [5.41, 5.74) is 0. The lowest BCUT2D eigenvalue weighted by molar-refractivity contribution is 0.0894. The predicted molar refractivity (Wildman–Crippen MR) is 70.5 cm³/mol. The van der Waals surface area contributed by atoms with Crippen LogP contribution in [0.4, 0.5) is 0 Å². The van der Waals surface area contributed by atoms with Crippen LogP contribution in [0.2, 0.25) is 0 Å². The molecule has 2 aliphatic heterocycles. The van der Waals surface area contributed by atoms with Crippen LogP contribution < -0.4 is 4.72 Å². The molecule has 0 radical (unpaired) electrons. The number of piperidine rings is 1. The van der Waals surface area contributed by atoms with E-state index in [1.54, 1.807) is 4.31 Å². The van der Waals surface area contributed by atoms with Gasteiger partial charge in [0.25, 0.3) is 10.2 Å². The van der Waals surface area contributed by atoms with Crippen molar-refractivity contribution in [2.75, 3.05) is 19.7 Å². The highest BCUT2D eigenvalue weighted by atomic mass is 32.2. The molecule has 2 saturated heterocycles. The van der Waals surface area contributed by atoms with Crippen LogP contribution in [0.3, 0.4) is 0 Å². The maximum Gasteiger partial charge on any atom is 0.279 e. The maximum atomic E-state index is 12.2. The van der Waals surface area contributed by atoms with Crippen LogP contribution in [0.15, 0.2) is 0 Å². The fourth-order valence-electron chi connectivity index (χ4n) is 2.61. The van der Waals surface area contributed by atoms with Gasteiger partial charge in [0.05, 0.1) is 6.10 Å². The molecule has 0 aromatic carbocycles. The average Bonchev–Trinajstić information content (AvgIpc) is 2.82. The lowest BCUT2D eigenvalue weighted by Crippen LogP contribution is -2.50. The number of ether oxygens (including phenoxy) is 1. The normalized spacial score (nSPS) is 29.6. The molecule has 18 heavy (non-hydrogen) atoms. The van der Waals surface area contributed by atoms with Gasteiger partial charge in [-0.2, -0.15) is 17.4 Å². The molecule has 0 bridgehead atoms. The molecule has 2 rings (SSSR count). The van der Waals surface area contributed by atoms with Crippen LogP contribution in [0.1, 0.15) is 39.5 Å². The molecule has 0 amide bonds. The van der Waals surface area contributed by atoms with Crippen molar-refractivity contribution in [3.05, 3.63) is 0 Å². The Morgan fingerprint density at radius 3 is 2.50 bits per heavy atom. The molecule has 0 spiro atoms. The molecule has 6 heteroatoms. The first kappa shape index (κ1) is 14.2. The minimum Gasteiger partial charge on any atom is -0.377 e. The van der Waals surface area contributed by atoms with Crippen LogP contribution in [0.5, 0.6) is 0 Å². The molecule has 2 fully saturated rings. The second-order valence-corrected chi connectivity index (χ2v) is 7.25. The first-order valence-electron chi connectivity index (χ1n) is 6.88. The molecule has 2 heterocycles. The van der Waals surface area contributed by atoms with E-state index in [0.717, 1.165) is 32.3 Å². The van der Waals surface area contributed by atoms with Gasteiger partial charge in [-0.1, -0.05) is 6.92 Å². The zero-order valence-corrected chi connectivity index (χ0v) is 12.1. The molecular formula is C12H24N2O3S. The highest BCUT2D eigenvalue weighted by Crippen LogP contribution is 2.20. The Labute approximate surface area is 110 Å². The zero-order valence-electron chi connectivity index (χ0n) is 11.3. The van der Waals surface area contributed by atoms with E-state index in [1.165, 1.54) is 0 Å². The third-order valence-corrected chi connectivity index (χ3v) is 5.65. The Morgan fingerprint density at radius 2 is 1.94 bits per heavy atom. The van der Waals surface area contributed by atoms with E-state index in [9.17, 15) is 8.42 Å². The smallest absolute Gasteiger partial charge is 0.279 e. The lowest BCUT2D eigenvalue weighted by atomic mass is 10.0. The molecule has 0 unspecified atom stereocenters. The predicted octanol–water partition coefficient (Wildman–Crippen LogP) is 1.12. The maximum absolute atomic E-state index is 12.2. The minimum absolute atomic E-state index is 0.0310. The minimum atomic E-state index is -3.34. The van der Waals surface area contributed by atoms with Gasteiger partial charge in [0, 0.05) is 25.7 Å². The van der Waals surface area contributed by atoms with E-state index in [-0.39, 0.29) is 12.1 Å². The van der Waals surface area contributed by atoms with E-state index in [2.05, 4.69) is 11.6 Å². The Balaban J connectivity index is 1.90. The number of nitrogens with zero attached hydrogens (tertiary/aromatic N) is 1. The fourth-order valence-corrected chi connectivity index (χ4v) is 4.07. The van der Waals surface area contributed by atoms with Crippen molar-refractivity contribution in [3.8, 4) is 0 Å². The Kier molecular flexibility index (Phi) is 4.64. The number of rotatable bonds is 4. The van der Waals surface area contributed by atoms with Crippen molar-refractivity contribution in [2.45, 2.75) is 51.7 Å². The first-order chi connectivity index (χ1) is 8.49. The molecule has 0 aliphatic carbocycles. The standard InChI is InChI=1S/C12H24N2O3S/c1-10-5-7-14(8-6-10)18(15,16)13-11(2)12-4-3-9-17-12/h10-13H,3-9H2,1-2H3/t11-,12-/m1/s1. The van der Waals surface area contributed by atoms with E-state index < -0.39 is 10.2 Å². The van der Waals surface area contributed by atoms with Crippen LogP contribution in [-0.2, 0) is 14.9 Å². The van der Waals surface area contributed by atoms with Crippen LogP contribution in [-0.4, -0.2) is 44.6 Å². The zero-order chi connectivity index (χ0) is 13.2. The summed E-state index contributed by atoms with van der Waals surface area (Å²) < 4.78 is 34.3. The molecule has 5 nitrogen and oxygen atoms in total. The Bertz CT molecular complexity index is 358. The van der Waals surface area contributed by atoms with Gasteiger partial charge in [-0.05, 0) is 38.5 Å². The van der Waals surface area contributed by atoms with Crippen molar-refractivity contribution in [2.24, 2.45) is 5.92 Å². The number of hydrogen-bond acceptors (Lipinski definition) is 3. The van der Waals surface area contributed by atoms with E-state index in [1.807, 2.05) is 6.92 Å². The summed E-state index contributed by atoms with van der Waals surface area (Å²) in [6.07, 6.45) is 3.91. The molecule has 0 aromatic rings. The molecule has 106 valence electrons. The molecule has 2 aliphatic rings. The van der Waals surface area contributed by atoms with Gasteiger partial charge in [0.15, 0.2) is 0 Å². The summed E-state index contributed by atoms with van der Waals surface area (Å²) in [5.74, 6) is 0.632. The molecule has 0 aromatic heterocycles. The largest absolute Gasteiger partial charge is 0.377 e. The van der Waals surface area contributed by atoms with Crippen molar-refractivity contribution in [1.82, 2.24) is 9.03 Å². The van der Waals surface area contributed by atoms with E-state index in [4.69, 9.17) is 4.74 Å². The summed E-state index contributed by atoms with van der Waals surface area (Å²) in [7, 11) is -3.34. The molecule has 2 atom stereocenters. The summed E-state index contributed by atoms with van der Waals surface area (Å²) >= 11 is 0. The van der Waals surface area contributed by atoms with Gasteiger partial charge < -0.3 is 4.74 Å². The topological polar surface area (TPSA) is 58.6 Å². The Morgan fingerprint density at radius 1 is 1.28 bits per heavy atom. The van der Waals surface area contributed by atoms with Crippen molar-refractivity contribution in [1.29, 1.82) is 0 Å². The van der Waals surface area contributed by atoms with Gasteiger partial charge in [-0.15, -0.1) is 0 Å². The van der Waals surface area contributed by atoms with Crippen LogP contribution in [0, 0.1) is 5.92 Å². The Hall–Kier alpha value is -0.170. The first-order valence-corrected chi connectivity index (χ1v) is 8.32. The molecular weight excluding hydrogens is 252 g/mol. The average molecular weight is 276 g/mol. The van der Waals surface area contributed by atoms with Gasteiger partial charge in [-0.3, -0.25) is 0 Å². The lowest BCUT2D eigenvalue weighted by Gasteiger charge is -2.31. The second kappa shape index (κ2) is 5.86. The van der Waals surface area contributed by atoms with Gasteiger partial charge in [0.2, 0.25) is 0 Å². The highest BCUT2D eigenvalue weighted by molar-refractivity contribution is 7.87. The summed E-state index contributed by atoms with van der Waals surface area (Å²) in [5, 5.41) is 0. The van der Waals surface area contributed by atoms with Gasteiger partial charge in [-0.25, -0.2) is 0 Å². The quantitative estimate of drug-likeness (QED) is 0.837. The van der Waals surface area contributed by atoms with Crippen molar-refractivity contribution in [3.63, 3.8) is 0 Å².